The highest BCUT2D eigenvalue weighted by atomic mass is 35.5. The Morgan fingerprint density at radius 3 is 2.68 bits per heavy atom. The first-order valence-electron chi connectivity index (χ1n) is 10.0. The third kappa shape index (κ3) is 5.77. The molecule has 9 heteroatoms. The van der Waals surface area contributed by atoms with Gasteiger partial charge >= 0.3 is 0 Å². The number of amides is 1. The zero-order chi connectivity index (χ0) is 21.8. The molecular weight excluding hydrogens is 459 g/mol. The number of aromatic nitrogens is 2. The van der Waals surface area contributed by atoms with E-state index in [1.165, 1.54) is 0 Å². The molecule has 0 saturated carbocycles. The van der Waals surface area contributed by atoms with Gasteiger partial charge in [0.15, 0.2) is 0 Å². The quantitative estimate of drug-likeness (QED) is 0.524. The number of hydrogen-bond donors (Lipinski definition) is 1. The highest BCUT2D eigenvalue weighted by Crippen LogP contribution is 2.28. The van der Waals surface area contributed by atoms with Crippen molar-refractivity contribution < 1.29 is 9.32 Å². The van der Waals surface area contributed by atoms with Crippen LogP contribution in [0.3, 0.4) is 0 Å². The summed E-state index contributed by atoms with van der Waals surface area (Å²) in [6.07, 6.45) is 1.79. The normalized spacial score (nSPS) is 16.9. The Morgan fingerprint density at radius 2 is 1.90 bits per heavy atom. The van der Waals surface area contributed by atoms with Crippen LogP contribution in [0.2, 0.25) is 15.1 Å². The van der Waals surface area contributed by atoms with Crippen molar-refractivity contribution in [2.75, 3.05) is 13.1 Å². The SMILES string of the molecule is O=C(NCc1ccc(Cl)cc1)C1CCCN(Cc2nc(-c3ccc(Cl)cc3Cl)no2)C1. The van der Waals surface area contributed by atoms with Crippen LogP contribution < -0.4 is 5.32 Å². The number of piperidine rings is 1. The molecule has 1 fully saturated rings. The summed E-state index contributed by atoms with van der Waals surface area (Å²) in [6.45, 7) is 2.49. The number of carbonyl (C=O) groups is 1. The molecular formula is C22H21Cl3N4O2. The first-order chi connectivity index (χ1) is 15.0. The van der Waals surface area contributed by atoms with E-state index in [1.54, 1.807) is 18.2 Å². The highest BCUT2D eigenvalue weighted by molar-refractivity contribution is 6.36. The molecule has 1 atom stereocenters. The van der Waals surface area contributed by atoms with E-state index in [2.05, 4.69) is 20.4 Å². The molecule has 3 aromatic rings. The van der Waals surface area contributed by atoms with Gasteiger partial charge in [-0.05, 0) is 55.3 Å². The van der Waals surface area contributed by atoms with Crippen molar-refractivity contribution in [1.29, 1.82) is 0 Å². The molecule has 2 heterocycles. The summed E-state index contributed by atoms with van der Waals surface area (Å²) in [5.41, 5.74) is 1.68. The fraction of sp³-hybridized carbons (Fsp3) is 0.318. The molecule has 0 spiro atoms. The second-order valence-electron chi connectivity index (χ2n) is 7.55. The second kappa shape index (κ2) is 10.0. The van der Waals surface area contributed by atoms with Gasteiger partial charge in [-0.15, -0.1) is 0 Å². The maximum Gasteiger partial charge on any atom is 0.241 e. The number of halogens is 3. The van der Waals surface area contributed by atoms with Crippen molar-refractivity contribution in [2.24, 2.45) is 5.92 Å². The van der Waals surface area contributed by atoms with Crippen molar-refractivity contribution in [1.82, 2.24) is 20.4 Å². The molecule has 31 heavy (non-hydrogen) atoms. The molecule has 0 aliphatic carbocycles. The average Bonchev–Trinajstić information content (AvgIpc) is 3.21. The zero-order valence-electron chi connectivity index (χ0n) is 16.7. The van der Waals surface area contributed by atoms with E-state index in [4.69, 9.17) is 39.3 Å². The number of carbonyl (C=O) groups excluding carboxylic acids is 1. The Bertz CT molecular complexity index is 1060. The van der Waals surface area contributed by atoms with Gasteiger partial charge < -0.3 is 9.84 Å². The van der Waals surface area contributed by atoms with Crippen LogP contribution in [0.4, 0.5) is 0 Å². The molecule has 1 aliphatic heterocycles. The molecule has 0 bridgehead atoms. The number of hydrogen-bond acceptors (Lipinski definition) is 5. The average molecular weight is 480 g/mol. The van der Waals surface area contributed by atoms with E-state index in [1.807, 2.05) is 24.3 Å². The zero-order valence-corrected chi connectivity index (χ0v) is 18.9. The summed E-state index contributed by atoms with van der Waals surface area (Å²) in [5, 5.41) is 8.76. The standard InChI is InChI=1S/C22H21Cl3N4O2/c23-16-5-3-14(4-6-16)11-26-22(30)15-2-1-9-29(12-15)13-20-27-21(28-31-20)18-8-7-17(24)10-19(18)25/h3-8,10,15H,1-2,9,11-13H2,(H,26,30). The molecule has 1 aliphatic rings. The second-order valence-corrected chi connectivity index (χ2v) is 8.83. The minimum absolute atomic E-state index is 0.0545. The fourth-order valence-electron chi connectivity index (χ4n) is 3.64. The topological polar surface area (TPSA) is 71.3 Å². The predicted octanol–water partition coefficient (Wildman–Crippen LogP) is 5.23. The summed E-state index contributed by atoms with van der Waals surface area (Å²) in [7, 11) is 0. The predicted molar refractivity (Wildman–Crippen MR) is 121 cm³/mol. The fourth-order valence-corrected chi connectivity index (χ4v) is 4.26. The Kier molecular flexibility index (Phi) is 7.13. The number of nitrogens with one attached hydrogen (secondary N) is 1. The number of nitrogens with zero attached hydrogens (tertiary/aromatic N) is 3. The van der Waals surface area contributed by atoms with E-state index < -0.39 is 0 Å². The van der Waals surface area contributed by atoms with Gasteiger partial charge in [0, 0.05) is 28.7 Å². The molecule has 1 N–H and O–H groups in total. The Balaban J connectivity index is 1.33. The van der Waals surface area contributed by atoms with E-state index in [0.717, 1.165) is 24.9 Å². The summed E-state index contributed by atoms with van der Waals surface area (Å²) in [5.74, 6) is 0.891. The van der Waals surface area contributed by atoms with Crippen molar-refractivity contribution in [3.8, 4) is 11.4 Å². The largest absolute Gasteiger partial charge is 0.352 e. The Labute approximate surface area is 195 Å². The van der Waals surface area contributed by atoms with Gasteiger partial charge in [-0.25, -0.2) is 0 Å². The summed E-state index contributed by atoms with van der Waals surface area (Å²) in [6, 6.07) is 12.6. The van der Waals surface area contributed by atoms with Crippen LogP contribution >= 0.6 is 34.8 Å². The van der Waals surface area contributed by atoms with Crippen LogP contribution in [0.1, 0.15) is 24.3 Å². The van der Waals surface area contributed by atoms with Crippen molar-refractivity contribution >= 4 is 40.7 Å². The number of rotatable bonds is 6. The lowest BCUT2D eigenvalue weighted by atomic mass is 9.97. The lowest BCUT2D eigenvalue weighted by Gasteiger charge is -2.30. The lowest BCUT2D eigenvalue weighted by molar-refractivity contribution is -0.127. The van der Waals surface area contributed by atoms with Crippen LogP contribution in [-0.4, -0.2) is 34.0 Å². The molecule has 1 aromatic heterocycles. The minimum atomic E-state index is -0.0749. The maximum atomic E-state index is 12.6. The number of benzene rings is 2. The smallest absolute Gasteiger partial charge is 0.241 e. The van der Waals surface area contributed by atoms with Crippen LogP contribution in [0.15, 0.2) is 47.0 Å². The van der Waals surface area contributed by atoms with Gasteiger partial charge in [0.2, 0.25) is 17.6 Å². The molecule has 1 amide bonds. The monoisotopic (exact) mass is 478 g/mol. The summed E-state index contributed by atoms with van der Waals surface area (Å²) >= 11 is 18.1. The third-order valence-corrected chi connectivity index (χ3v) is 6.06. The van der Waals surface area contributed by atoms with E-state index in [9.17, 15) is 4.79 Å². The van der Waals surface area contributed by atoms with Crippen LogP contribution in [0, 0.1) is 5.92 Å². The first-order valence-corrected chi connectivity index (χ1v) is 11.1. The molecule has 2 aromatic carbocycles. The minimum Gasteiger partial charge on any atom is -0.352 e. The first kappa shape index (κ1) is 22.1. The molecule has 6 nitrogen and oxygen atoms in total. The van der Waals surface area contributed by atoms with Crippen LogP contribution in [0.25, 0.3) is 11.4 Å². The maximum absolute atomic E-state index is 12.6. The van der Waals surface area contributed by atoms with Gasteiger partial charge in [0.05, 0.1) is 17.5 Å². The van der Waals surface area contributed by atoms with Gasteiger partial charge in [-0.2, -0.15) is 4.98 Å². The Hall–Kier alpha value is -2.12. The summed E-state index contributed by atoms with van der Waals surface area (Å²) in [4.78, 5) is 19.3. The van der Waals surface area contributed by atoms with Crippen molar-refractivity contribution in [3.63, 3.8) is 0 Å². The molecule has 0 radical (unpaired) electrons. The van der Waals surface area contributed by atoms with Gasteiger partial charge in [0.25, 0.3) is 0 Å². The van der Waals surface area contributed by atoms with Crippen molar-refractivity contribution in [3.05, 3.63) is 69.0 Å². The lowest BCUT2D eigenvalue weighted by Crippen LogP contribution is -2.42. The van der Waals surface area contributed by atoms with E-state index in [0.29, 0.717) is 52.0 Å². The van der Waals surface area contributed by atoms with E-state index in [-0.39, 0.29) is 11.8 Å². The van der Waals surface area contributed by atoms with E-state index >= 15 is 0 Å². The van der Waals surface area contributed by atoms with Crippen molar-refractivity contribution in [2.45, 2.75) is 25.9 Å². The molecule has 1 unspecified atom stereocenters. The van der Waals surface area contributed by atoms with Gasteiger partial charge in [-0.3, -0.25) is 9.69 Å². The molecule has 4 rings (SSSR count). The van der Waals surface area contributed by atoms with Crippen LogP contribution in [-0.2, 0) is 17.9 Å². The van der Waals surface area contributed by atoms with Gasteiger partial charge in [0.1, 0.15) is 0 Å². The van der Waals surface area contributed by atoms with Crippen LogP contribution in [0.5, 0.6) is 0 Å². The molecule has 1 saturated heterocycles. The summed E-state index contributed by atoms with van der Waals surface area (Å²) < 4.78 is 5.41. The molecule has 162 valence electrons. The third-order valence-electron chi connectivity index (χ3n) is 5.26. The Morgan fingerprint density at radius 1 is 1.13 bits per heavy atom. The number of likely N-dealkylation sites (tertiary alicyclic amines) is 1. The highest BCUT2D eigenvalue weighted by Gasteiger charge is 2.27. The van der Waals surface area contributed by atoms with Gasteiger partial charge in [-0.1, -0.05) is 52.1 Å².